The Labute approximate surface area is 209 Å². The number of ether oxygens (including phenoxy) is 1. The van der Waals surface area contributed by atoms with E-state index < -0.39 is 0 Å². The molecular formula is C26H30N8O2. The van der Waals surface area contributed by atoms with E-state index in [0.29, 0.717) is 22.8 Å². The molecular weight excluding hydrogens is 456 g/mol. The van der Waals surface area contributed by atoms with E-state index in [1.165, 1.54) is 12.0 Å². The number of nitrogens with one attached hydrogen (secondary N) is 3. The molecule has 4 aromatic rings. The van der Waals surface area contributed by atoms with Gasteiger partial charge in [-0.05, 0) is 49.1 Å². The van der Waals surface area contributed by atoms with E-state index in [4.69, 9.17) is 9.72 Å². The van der Waals surface area contributed by atoms with Crippen molar-refractivity contribution in [1.82, 2.24) is 30.0 Å². The van der Waals surface area contributed by atoms with Crippen molar-refractivity contribution in [3.05, 3.63) is 53.9 Å². The first-order valence-corrected chi connectivity index (χ1v) is 12.6. The number of carbonyl (C=O) groups excluding carboxylic acids is 1. The van der Waals surface area contributed by atoms with Gasteiger partial charge in [-0.1, -0.05) is 6.07 Å². The third kappa shape index (κ3) is 4.69. The maximum absolute atomic E-state index is 13.3. The first-order valence-electron chi connectivity index (χ1n) is 12.6. The van der Waals surface area contributed by atoms with Gasteiger partial charge in [-0.15, -0.1) is 0 Å². The Balaban J connectivity index is 1.22. The van der Waals surface area contributed by atoms with Crippen LogP contribution in [-0.2, 0) is 11.3 Å². The fraction of sp³-hybridized carbons (Fsp3) is 0.385. The van der Waals surface area contributed by atoms with E-state index in [1.54, 1.807) is 18.5 Å². The number of anilines is 2. The van der Waals surface area contributed by atoms with Crippen LogP contribution in [0.2, 0.25) is 0 Å². The Bertz CT molecular complexity index is 1350. The van der Waals surface area contributed by atoms with Gasteiger partial charge in [0.15, 0.2) is 11.5 Å². The molecule has 5 heterocycles. The highest BCUT2D eigenvalue weighted by Crippen LogP contribution is 2.28. The van der Waals surface area contributed by atoms with E-state index in [9.17, 15) is 4.79 Å². The van der Waals surface area contributed by atoms with Crippen molar-refractivity contribution < 1.29 is 9.53 Å². The minimum atomic E-state index is -0.213. The Morgan fingerprint density at radius 3 is 2.81 bits per heavy atom. The lowest BCUT2D eigenvalue weighted by Crippen LogP contribution is -2.35. The Morgan fingerprint density at radius 2 is 1.94 bits per heavy atom. The van der Waals surface area contributed by atoms with Gasteiger partial charge in [0.1, 0.15) is 5.82 Å². The number of amides is 1. The summed E-state index contributed by atoms with van der Waals surface area (Å²) in [5.74, 6) is 1.12. The fourth-order valence-electron chi connectivity index (χ4n) is 4.97. The predicted octanol–water partition coefficient (Wildman–Crippen LogP) is 3.42. The van der Waals surface area contributed by atoms with E-state index in [0.717, 1.165) is 75.6 Å². The number of H-pyrrole nitrogens is 2. The molecule has 1 aromatic carbocycles. The molecule has 3 aromatic heterocycles. The fourth-order valence-corrected chi connectivity index (χ4v) is 4.97. The van der Waals surface area contributed by atoms with Gasteiger partial charge < -0.3 is 19.9 Å². The van der Waals surface area contributed by atoms with Crippen LogP contribution in [0.3, 0.4) is 0 Å². The molecule has 10 nitrogen and oxygen atoms in total. The van der Waals surface area contributed by atoms with Crippen LogP contribution < -0.4 is 10.2 Å². The molecule has 0 bridgehead atoms. The van der Waals surface area contributed by atoms with Crippen molar-refractivity contribution in [3.63, 3.8) is 0 Å². The van der Waals surface area contributed by atoms with Gasteiger partial charge in [-0.3, -0.25) is 14.8 Å². The molecule has 0 radical (unpaired) electrons. The summed E-state index contributed by atoms with van der Waals surface area (Å²) in [5, 5.41) is 10.3. The molecule has 3 N–H and O–H groups in total. The normalized spacial score (nSPS) is 16.9. The highest BCUT2D eigenvalue weighted by molar-refractivity contribution is 6.08. The van der Waals surface area contributed by atoms with Gasteiger partial charge in [0, 0.05) is 45.1 Å². The first kappa shape index (κ1) is 22.7. The molecule has 0 spiro atoms. The van der Waals surface area contributed by atoms with Crippen molar-refractivity contribution in [1.29, 1.82) is 0 Å². The minimum Gasteiger partial charge on any atom is -0.379 e. The molecule has 10 heteroatoms. The number of fused-ring (bicyclic) bond motifs is 1. The lowest BCUT2D eigenvalue weighted by molar-refractivity contribution is 0.0342. The number of hydrogen-bond donors (Lipinski definition) is 3. The van der Waals surface area contributed by atoms with Crippen molar-refractivity contribution in [2.45, 2.75) is 25.8 Å². The summed E-state index contributed by atoms with van der Waals surface area (Å²) in [6.07, 6.45) is 6.87. The third-order valence-corrected chi connectivity index (χ3v) is 6.86. The molecule has 0 atom stereocenters. The van der Waals surface area contributed by atoms with Crippen LogP contribution in [0.1, 0.15) is 35.2 Å². The molecule has 0 unspecified atom stereocenters. The zero-order valence-electron chi connectivity index (χ0n) is 20.2. The SMILES string of the molecule is O=C(Nc1c[nH]nc1-c1nc2cc(CN3CCOCC3)ccc2[nH]1)c1cccnc1N1CCCCC1. The Hall–Kier alpha value is -3.76. The van der Waals surface area contributed by atoms with Gasteiger partial charge in [0.25, 0.3) is 5.91 Å². The number of morpholine rings is 1. The average Bonchev–Trinajstić information content (AvgIpc) is 3.56. The van der Waals surface area contributed by atoms with Crippen LogP contribution in [0.15, 0.2) is 42.7 Å². The first-order chi connectivity index (χ1) is 17.7. The van der Waals surface area contributed by atoms with Crippen LogP contribution >= 0.6 is 0 Å². The summed E-state index contributed by atoms with van der Waals surface area (Å²) in [6, 6.07) is 9.90. The van der Waals surface area contributed by atoms with E-state index in [1.807, 2.05) is 12.1 Å². The standard InChI is InChI=1S/C26H30N8O2/c35-26(19-5-4-8-27-25(19)34-9-2-1-3-10-34)31-22-16-28-32-23(22)24-29-20-7-6-18(15-21(20)30-24)17-33-11-13-36-14-12-33/h4-8,15-16H,1-3,9-14,17H2,(H,28,32)(H,29,30)(H,31,35). The number of piperidine rings is 1. The Morgan fingerprint density at radius 1 is 1.08 bits per heavy atom. The van der Waals surface area contributed by atoms with Gasteiger partial charge >= 0.3 is 0 Å². The van der Waals surface area contributed by atoms with Crippen molar-refractivity contribution in [2.24, 2.45) is 0 Å². The third-order valence-electron chi connectivity index (χ3n) is 6.86. The summed E-state index contributed by atoms with van der Waals surface area (Å²) in [5.41, 5.74) is 4.70. The summed E-state index contributed by atoms with van der Waals surface area (Å²) >= 11 is 0. The molecule has 1 amide bonds. The minimum absolute atomic E-state index is 0.213. The smallest absolute Gasteiger partial charge is 0.259 e. The zero-order chi connectivity index (χ0) is 24.3. The zero-order valence-corrected chi connectivity index (χ0v) is 20.2. The largest absolute Gasteiger partial charge is 0.379 e. The number of aromatic nitrogens is 5. The van der Waals surface area contributed by atoms with Crippen LogP contribution in [0, 0.1) is 0 Å². The van der Waals surface area contributed by atoms with Gasteiger partial charge in [0.2, 0.25) is 0 Å². The van der Waals surface area contributed by atoms with Crippen LogP contribution in [-0.4, -0.2) is 75.3 Å². The molecule has 186 valence electrons. The lowest BCUT2D eigenvalue weighted by Gasteiger charge is -2.29. The second kappa shape index (κ2) is 10.1. The van der Waals surface area contributed by atoms with Crippen LogP contribution in [0.4, 0.5) is 11.5 Å². The Kier molecular flexibility index (Phi) is 6.35. The number of carbonyl (C=O) groups is 1. The van der Waals surface area contributed by atoms with E-state index >= 15 is 0 Å². The quantitative estimate of drug-likeness (QED) is 0.382. The second-order valence-corrected chi connectivity index (χ2v) is 9.35. The number of nitrogens with zero attached hydrogens (tertiary/aromatic N) is 5. The summed E-state index contributed by atoms with van der Waals surface area (Å²) in [7, 11) is 0. The highest BCUT2D eigenvalue weighted by atomic mass is 16.5. The second-order valence-electron chi connectivity index (χ2n) is 9.35. The van der Waals surface area contributed by atoms with E-state index in [2.05, 4.69) is 47.4 Å². The average molecular weight is 487 g/mol. The molecule has 0 aliphatic carbocycles. The van der Waals surface area contributed by atoms with E-state index in [-0.39, 0.29) is 5.91 Å². The molecule has 2 aliphatic heterocycles. The predicted molar refractivity (Wildman–Crippen MR) is 138 cm³/mol. The number of benzene rings is 1. The number of aromatic amines is 2. The van der Waals surface area contributed by atoms with Crippen molar-refractivity contribution in [3.8, 4) is 11.5 Å². The van der Waals surface area contributed by atoms with Gasteiger partial charge in [-0.2, -0.15) is 5.10 Å². The topological polar surface area (TPSA) is 115 Å². The highest BCUT2D eigenvalue weighted by Gasteiger charge is 2.22. The molecule has 0 saturated carbocycles. The molecule has 2 aliphatic rings. The van der Waals surface area contributed by atoms with Gasteiger partial charge in [-0.25, -0.2) is 9.97 Å². The molecule has 2 saturated heterocycles. The molecule has 6 rings (SSSR count). The number of hydrogen-bond acceptors (Lipinski definition) is 7. The summed E-state index contributed by atoms with van der Waals surface area (Å²) in [4.78, 5) is 30.5. The van der Waals surface area contributed by atoms with Crippen LogP contribution in [0.5, 0.6) is 0 Å². The van der Waals surface area contributed by atoms with Crippen LogP contribution in [0.25, 0.3) is 22.6 Å². The lowest BCUT2D eigenvalue weighted by atomic mass is 10.1. The molecule has 36 heavy (non-hydrogen) atoms. The number of imidazole rings is 1. The van der Waals surface area contributed by atoms with Crippen molar-refractivity contribution in [2.75, 3.05) is 49.6 Å². The summed E-state index contributed by atoms with van der Waals surface area (Å²) < 4.78 is 5.45. The summed E-state index contributed by atoms with van der Waals surface area (Å²) in [6.45, 7) is 6.15. The molecule has 2 fully saturated rings. The van der Waals surface area contributed by atoms with Gasteiger partial charge in [0.05, 0.1) is 35.5 Å². The monoisotopic (exact) mass is 486 g/mol. The number of pyridine rings is 1. The maximum Gasteiger partial charge on any atom is 0.259 e. The number of rotatable bonds is 6. The van der Waals surface area contributed by atoms with Crippen molar-refractivity contribution >= 4 is 28.4 Å². The maximum atomic E-state index is 13.3.